The van der Waals surface area contributed by atoms with Gasteiger partial charge in [0.2, 0.25) is 23.6 Å². The van der Waals surface area contributed by atoms with Gasteiger partial charge in [0.15, 0.2) is 0 Å². The van der Waals surface area contributed by atoms with E-state index in [-0.39, 0.29) is 85.0 Å². The molecule has 1 unspecified atom stereocenters. The molecule has 3 aliphatic heterocycles. The average molecular weight is 1140 g/mol. The van der Waals surface area contributed by atoms with E-state index in [4.69, 9.17) is 0 Å². The number of hydrogen-bond acceptors (Lipinski definition) is 12. The Morgan fingerprint density at radius 3 is 2.21 bits per heavy atom. The largest absolute Gasteiger partial charge is 0.433 e. The van der Waals surface area contributed by atoms with Crippen molar-refractivity contribution in [1.82, 2.24) is 50.0 Å². The highest BCUT2D eigenvalue weighted by Gasteiger charge is 2.47. The van der Waals surface area contributed by atoms with Gasteiger partial charge in [0, 0.05) is 74.4 Å². The predicted molar refractivity (Wildman–Crippen MR) is 297 cm³/mol. The van der Waals surface area contributed by atoms with Crippen LogP contribution in [0, 0.1) is 23.7 Å². The minimum atomic E-state index is -4.74. The molecule has 0 bridgehead atoms. The quantitative estimate of drug-likeness (QED) is 0.0699. The standard InChI is InChI=1S/C58H72F3N11O8S/c1-34(36-11-13-37(14-12-36)48-35(2)62-33-81-48)63-52(77)45-28-40(73)31-72(45)53(78)49(55(3,4)5)66-50(75)38-15-17-57(18-16-38)19-21-68(22-20-57)47(74)32-70-24-23-69(54(70)79)25-26-71-30-39-27-44(41(56(6,7)80)29-43(39)67-71)65-51(76)42-9-8-10-46(64-42)58(59,60)61/h8-14,27,29-30,33-34,38,40,45,49,73,80H,15-26,28,31-32H2,1-7H3,(H,63,77)(H,65,76)(H,66,75)/t34-,40+,45?,49+/m0/s1. The molecule has 4 fully saturated rings. The summed E-state index contributed by atoms with van der Waals surface area (Å²) in [5, 5.41) is 35.7. The number of benzene rings is 2. The second-order valence-electron chi connectivity index (χ2n) is 23.9. The predicted octanol–water partition coefficient (Wildman–Crippen LogP) is 7.27. The number of halogens is 3. The minimum Gasteiger partial charge on any atom is -0.391 e. The third-order valence-electron chi connectivity index (χ3n) is 16.6. The summed E-state index contributed by atoms with van der Waals surface area (Å²) in [6.07, 6.45) is 0.509. The molecule has 4 aliphatic rings. The van der Waals surface area contributed by atoms with Gasteiger partial charge < -0.3 is 45.8 Å². The number of alkyl halides is 3. The number of hydrogen-bond donors (Lipinski definition) is 5. The van der Waals surface area contributed by atoms with E-state index < -0.39 is 58.6 Å². The molecule has 81 heavy (non-hydrogen) atoms. The van der Waals surface area contributed by atoms with Gasteiger partial charge in [-0.15, -0.1) is 11.3 Å². The average Bonchev–Trinajstić information content (AvgIpc) is 4.29. The summed E-state index contributed by atoms with van der Waals surface area (Å²) < 4.78 is 41.6. The molecule has 3 aromatic heterocycles. The number of urea groups is 1. The maximum atomic E-state index is 14.4. The molecule has 5 N–H and O–H groups in total. The van der Waals surface area contributed by atoms with Crippen molar-refractivity contribution in [1.29, 1.82) is 0 Å². The van der Waals surface area contributed by atoms with Crippen LogP contribution in [0.4, 0.5) is 23.7 Å². The summed E-state index contributed by atoms with van der Waals surface area (Å²) >= 11 is 1.56. The smallest absolute Gasteiger partial charge is 0.391 e. The number of nitrogens with zero attached hydrogens (tertiary/aromatic N) is 8. The van der Waals surface area contributed by atoms with E-state index in [1.54, 1.807) is 44.1 Å². The van der Waals surface area contributed by atoms with Crippen LogP contribution in [0.5, 0.6) is 0 Å². The first-order valence-corrected chi connectivity index (χ1v) is 28.6. The van der Waals surface area contributed by atoms with Crippen LogP contribution in [0.2, 0.25) is 0 Å². The molecule has 7 amide bonds. The summed E-state index contributed by atoms with van der Waals surface area (Å²) in [5.74, 6) is -2.34. The van der Waals surface area contributed by atoms with Crippen molar-refractivity contribution in [3.63, 3.8) is 0 Å². The van der Waals surface area contributed by atoms with Gasteiger partial charge in [0.1, 0.15) is 30.0 Å². The molecule has 5 aromatic rings. The molecule has 0 radical (unpaired) electrons. The molecular weight excluding hydrogens is 1070 g/mol. The highest BCUT2D eigenvalue weighted by atomic mass is 32.1. The second kappa shape index (κ2) is 23.1. The monoisotopic (exact) mass is 1140 g/mol. The summed E-state index contributed by atoms with van der Waals surface area (Å²) in [6, 6.07) is 11.6. The number of pyridine rings is 1. The van der Waals surface area contributed by atoms with Crippen LogP contribution in [0.1, 0.15) is 126 Å². The van der Waals surface area contributed by atoms with E-state index in [0.29, 0.717) is 49.9 Å². The summed E-state index contributed by atoms with van der Waals surface area (Å²) in [5.41, 5.74) is 1.73. The van der Waals surface area contributed by atoms with Crippen molar-refractivity contribution in [2.24, 2.45) is 16.7 Å². The number of amides is 7. The van der Waals surface area contributed by atoms with Crippen LogP contribution in [-0.4, -0.2) is 149 Å². The molecule has 19 nitrogen and oxygen atoms in total. The molecule has 1 aliphatic carbocycles. The Morgan fingerprint density at radius 1 is 0.877 bits per heavy atom. The van der Waals surface area contributed by atoms with E-state index in [1.807, 2.05) is 69.3 Å². The number of carbonyl (C=O) groups is 6. The maximum Gasteiger partial charge on any atom is 0.433 e. The Morgan fingerprint density at radius 2 is 1.57 bits per heavy atom. The van der Waals surface area contributed by atoms with Gasteiger partial charge in [0.05, 0.1) is 45.9 Å². The van der Waals surface area contributed by atoms with Gasteiger partial charge in [0.25, 0.3) is 5.91 Å². The summed E-state index contributed by atoms with van der Waals surface area (Å²) in [4.78, 5) is 98.0. The van der Waals surface area contributed by atoms with Crippen LogP contribution in [0.15, 0.2) is 66.3 Å². The van der Waals surface area contributed by atoms with Crippen molar-refractivity contribution in [3.05, 3.63) is 94.5 Å². The lowest BCUT2D eigenvalue weighted by molar-refractivity contribution is -0.145. The molecule has 3 saturated heterocycles. The highest BCUT2D eigenvalue weighted by molar-refractivity contribution is 7.13. The number of thiazole rings is 1. The van der Waals surface area contributed by atoms with Crippen LogP contribution >= 0.6 is 11.3 Å². The fourth-order valence-corrected chi connectivity index (χ4v) is 12.5. The molecule has 434 valence electrons. The van der Waals surface area contributed by atoms with Crippen molar-refractivity contribution in [2.45, 2.75) is 136 Å². The number of piperidine rings is 1. The molecule has 4 atom stereocenters. The Bertz CT molecular complexity index is 3170. The molecule has 2 aromatic carbocycles. The SMILES string of the molecule is Cc1ncsc1-c1ccc([C@H](C)NC(=O)C2C[C@@H](O)CN2C(=O)[C@@H](NC(=O)C2CCC3(CC2)CCN(C(=O)CN2CCN(CCn4cc5cc(NC(=O)c6cccc(C(F)(F)F)n6)c(C(C)(C)O)cc5n4)C2=O)CC3)C(C)(C)C)cc1. The van der Waals surface area contributed by atoms with E-state index in [2.05, 4.69) is 31.0 Å². The van der Waals surface area contributed by atoms with Crippen LogP contribution < -0.4 is 16.0 Å². The zero-order valence-electron chi connectivity index (χ0n) is 46.8. The van der Waals surface area contributed by atoms with Gasteiger partial charge in [-0.05, 0) is 112 Å². The number of aromatic nitrogens is 4. The normalized spacial score (nSPS) is 19.8. The van der Waals surface area contributed by atoms with E-state index in [9.17, 15) is 52.2 Å². The fourth-order valence-electron chi connectivity index (χ4n) is 11.7. The van der Waals surface area contributed by atoms with Gasteiger partial charge in [-0.3, -0.25) is 28.7 Å². The third-order valence-corrected chi connectivity index (χ3v) is 17.6. The van der Waals surface area contributed by atoms with Gasteiger partial charge in [-0.25, -0.2) is 14.8 Å². The number of fused-ring (bicyclic) bond motifs is 1. The molecule has 1 saturated carbocycles. The highest BCUT2D eigenvalue weighted by Crippen LogP contribution is 2.47. The zero-order valence-corrected chi connectivity index (χ0v) is 47.6. The number of aliphatic hydroxyl groups excluding tert-OH is 1. The first kappa shape index (κ1) is 58.7. The number of aryl methyl sites for hydroxylation is 1. The van der Waals surface area contributed by atoms with Crippen LogP contribution in [0.25, 0.3) is 21.3 Å². The molecule has 1 spiro atoms. The molecule has 9 rings (SSSR count). The van der Waals surface area contributed by atoms with Crippen molar-refractivity contribution >= 4 is 63.5 Å². The van der Waals surface area contributed by atoms with Gasteiger partial charge >= 0.3 is 12.2 Å². The lowest BCUT2D eigenvalue weighted by Gasteiger charge is -2.46. The van der Waals surface area contributed by atoms with Crippen molar-refractivity contribution < 1.29 is 52.2 Å². The number of aliphatic hydroxyl groups is 2. The summed E-state index contributed by atoms with van der Waals surface area (Å²) in [7, 11) is 0. The lowest BCUT2D eigenvalue weighted by Crippen LogP contribution is -2.58. The van der Waals surface area contributed by atoms with Gasteiger partial charge in [-0.1, -0.05) is 51.1 Å². The second-order valence-corrected chi connectivity index (χ2v) is 24.8. The number of anilines is 1. The number of likely N-dealkylation sites (tertiary alicyclic amines) is 2. The number of nitrogens with one attached hydrogen (secondary N) is 3. The Hall–Kier alpha value is -6.98. The van der Waals surface area contributed by atoms with E-state index >= 15 is 0 Å². The third kappa shape index (κ3) is 13.2. The van der Waals surface area contributed by atoms with Crippen molar-refractivity contribution in [3.8, 4) is 10.4 Å². The van der Waals surface area contributed by atoms with Crippen molar-refractivity contribution in [2.75, 3.05) is 51.1 Å². The Labute approximate surface area is 472 Å². The molecule has 23 heteroatoms. The number of rotatable bonds is 15. The van der Waals surface area contributed by atoms with Crippen LogP contribution in [-0.2, 0) is 37.5 Å². The lowest BCUT2D eigenvalue weighted by atomic mass is 9.65. The van der Waals surface area contributed by atoms with Gasteiger partial charge in [-0.2, -0.15) is 18.3 Å². The first-order chi connectivity index (χ1) is 38.2. The minimum absolute atomic E-state index is 0.0240. The molecule has 6 heterocycles. The zero-order chi connectivity index (χ0) is 58.3. The number of carbonyl (C=O) groups excluding carboxylic acids is 6. The van der Waals surface area contributed by atoms with E-state index in [1.165, 1.54) is 18.7 Å². The number of β-amino-alcohol motifs (C(OH)–C–C–N with tert-alkyl or cyclic N) is 1. The summed E-state index contributed by atoms with van der Waals surface area (Å²) in [6.45, 7) is 14.8. The van der Waals surface area contributed by atoms with Crippen LogP contribution in [0.3, 0.4) is 0 Å². The molecular formula is C58H72F3N11O8S. The Balaban J connectivity index is 0.729. The maximum absolute atomic E-state index is 14.4. The van der Waals surface area contributed by atoms with E-state index in [0.717, 1.165) is 65.6 Å². The first-order valence-electron chi connectivity index (χ1n) is 27.7. The Kier molecular flexibility index (Phi) is 16.7. The topological polar surface area (TPSA) is 236 Å². The fraction of sp³-hybridized carbons (Fsp3) is 0.534.